The van der Waals surface area contributed by atoms with E-state index in [4.69, 9.17) is 0 Å². The summed E-state index contributed by atoms with van der Waals surface area (Å²) in [6.45, 7) is 10.9. The van der Waals surface area contributed by atoms with Gasteiger partial charge in [0.05, 0.1) is 0 Å². The van der Waals surface area contributed by atoms with Crippen molar-refractivity contribution in [1.29, 1.82) is 0 Å². The molecule has 5 aromatic carbocycles. The van der Waals surface area contributed by atoms with Crippen LogP contribution in [0.3, 0.4) is 0 Å². The number of aryl methyl sites for hydroxylation is 2. The van der Waals surface area contributed by atoms with Crippen LogP contribution in [0.2, 0.25) is 0 Å². The molecule has 0 spiro atoms. The third-order valence-electron chi connectivity index (χ3n) is 7.55. The van der Waals surface area contributed by atoms with E-state index in [2.05, 4.69) is 105 Å². The molecular formula is C36H33NO2. The molecular weight excluding hydrogens is 478 g/mol. The summed E-state index contributed by atoms with van der Waals surface area (Å²) in [4.78, 5) is 2.25. The van der Waals surface area contributed by atoms with Crippen molar-refractivity contribution < 1.29 is 10.2 Å². The molecule has 0 fully saturated rings. The van der Waals surface area contributed by atoms with Crippen molar-refractivity contribution in [3.63, 3.8) is 0 Å². The van der Waals surface area contributed by atoms with Crippen LogP contribution in [0.4, 0.5) is 17.1 Å². The van der Waals surface area contributed by atoms with Crippen LogP contribution in [0.25, 0.3) is 5.57 Å². The Morgan fingerprint density at radius 3 is 1.23 bits per heavy atom. The number of anilines is 3. The van der Waals surface area contributed by atoms with Gasteiger partial charge in [-0.15, -0.1) is 0 Å². The first-order valence-electron chi connectivity index (χ1n) is 13.1. The lowest BCUT2D eigenvalue weighted by molar-refractivity contribution is 0.474. The van der Waals surface area contributed by atoms with E-state index in [9.17, 15) is 10.2 Å². The first-order valence-corrected chi connectivity index (χ1v) is 13.1. The minimum absolute atomic E-state index is 0.217. The maximum absolute atomic E-state index is 9.93. The van der Waals surface area contributed by atoms with E-state index >= 15 is 0 Å². The zero-order valence-corrected chi connectivity index (χ0v) is 22.6. The molecule has 3 heteroatoms. The molecule has 194 valence electrons. The molecule has 0 radical (unpaired) electrons. The molecule has 0 bridgehead atoms. The zero-order valence-electron chi connectivity index (χ0n) is 22.6. The van der Waals surface area contributed by atoms with Crippen molar-refractivity contribution >= 4 is 22.6 Å². The molecule has 2 N–H and O–H groups in total. The predicted octanol–water partition coefficient (Wildman–Crippen LogP) is 9.20. The van der Waals surface area contributed by atoms with Gasteiger partial charge in [-0.3, -0.25) is 0 Å². The van der Waals surface area contributed by atoms with Crippen LogP contribution in [0.15, 0.2) is 128 Å². The average molecular weight is 512 g/mol. The highest BCUT2D eigenvalue weighted by Gasteiger charge is 2.33. The highest BCUT2D eigenvalue weighted by atomic mass is 16.3. The summed E-state index contributed by atoms with van der Waals surface area (Å²) in [5.74, 6) is 0.433. The molecule has 0 amide bonds. The molecule has 39 heavy (non-hydrogen) atoms. The molecule has 0 saturated carbocycles. The lowest BCUT2D eigenvalue weighted by Gasteiger charge is -2.34. The van der Waals surface area contributed by atoms with Crippen LogP contribution >= 0.6 is 0 Å². The Bertz CT molecular complexity index is 1470. The normalized spacial score (nSPS) is 11.3. The van der Waals surface area contributed by atoms with E-state index in [1.807, 2.05) is 24.3 Å². The minimum atomic E-state index is -0.587. The third-order valence-corrected chi connectivity index (χ3v) is 7.55. The Morgan fingerprint density at radius 2 is 0.872 bits per heavy atom. The van der Waals surface area contributed by atoms with Crippen LogP contribution in [0.1, 0.15) is 34.7 Å². The van der Waals surface area contributed by atoms with Gasteiger partial charge < -0.3 is 15.1 Å². The van der Waals surface area contributed by atoms with Crippen LogP contribution in [-0.4, -0.2) is 10.2 Å². The molecule has 5 aromatic rings. The fourth-order valence-electron chi connectivity index (χ4n) is 5.04. The molecule has 0 aliphatic rings. The summed E-state index contributed by atoms with van der Waals surface area (Å²) in [6.07, 6.45) is 0. The fourth-order valence-corrected chi connectivity index (χ4v) is 5.04. The molecule has 0 aromatic heterocycles. The third kappa shape index (κ3) is 5.17. The number of hydrogen-bond donors (Lipinski definition) is 2. The summed E-state index contributed by atoms with van der Waals surface area (Å²) < 4.78 is 0. The molecule has 5 rings (SSSR count). The summed E-state index contributed by atoms with van der Waals surface area (Å²) in [7, 11) is 0. The van der Waals surface area contributed by atoms with E-state index in [0.717, 1.165) is 39.3 Å². The van der Waals surface area contributed by atoms with Crippen molar-refractivity contribution in [3.05, 3.63) is 156 Å². The number of rotatable bonds is 7. The van der Waals surface area contributed by atoms with Gasteiger partial charge in [-0.25, -0.2) is 0 Å². The Morgan fingerprint density at radius 1 is 0.538 bits per heavy atom. The Hall–Kier alpha value is -4.76. The SMILES string of the molecule is C=C(c1ccc(N(c2ccc(C)cc2)c2ccc(C)cc2)cc1)C(C)(c1ccc(O)cc1)c1ccc(O)cc1. The number of phenolic OH excluding ortho intramolecular Hbond substituents is 2. The topological polar surface area (TPSA) is 43.7 Å². The van der Waals surface area contributed by atoms with Crippen LogP contribution in [-0.2, 0) is 5.41 Å². The van der Waals surface area contributed by atoms with Gasteiger partial charge in [-0.1, -0.05) is 78.4 Å². The monoisotopic (exact) mass is 511 g/mol. The number of phenols is 2. The van der Waals surface area contributed by atoms with Gasteiger partial charge >= 0.3 is 0 Å². The van der Waals surface area contributed by atoms with Gasteiger partial charge in [0, 0.05) is 22.5 Å². The van der Waals surface area contributed by atoms with Crippen LogP contribution < -0.4 is 4.90 Å². The number of aromatic hydroxyl groups is 2. The summed E-state index contributed by atoms with van der Waals surface area (Å²) >= 11 is 0. The number of nitrogens with zero attached hydrogens (tertiary/aromatic N) is 1. The Labute approximate surface area is 231 Å². The van der Waals surface area contributed by atoms with Crippen molar-refractivity contribution in [1.82, 2.24) is 0 Å². The first-order chi connectivity index (χ1) is 18.8. The van der Waals surface area contributed by atoms with E-state index in [1.165, 1.54) is 11.1 Å². The average Bonchev–Trinajstić information content (AvgIpc) is 2.95. The van der Waals surface area contributed by atoms with Crippen LogP contribution in [0, 0.1) is 13.8 Å². The number of hydrogen-bond acceptors (Lipinski definition) is 3. The van der Waals surface area contributed by atoms with Gasteiger partial charge in [0.25, 0.3) is 0 Å². The van der Waals surface area contributed by atoms with Crippen molar-refractivity contribution in [2.75, 3.05) is 4.90 Å². The quantitative estimate of drug-likeness (QED) is 0.229. The summed E-state index contributed by atoms with van der Waals surface area (Å²) in [6, 6.07) is 40.1. The lowest BCUT2D eigenvalue weighted by Crippen LogP contribution is -2.25. The van der Waals surface area contributed by atoms with Gasteiger partial charge in [0.2, 0.25) is 0 Å². The van der Waals surface area contributed by atoms with E-state index in [-0.39, 0.29) is 11.5 Å². The second kappa shape index (κ2) is 10.5. The maximum Gasteiger partial charge on any atom is 0.115 e. The molecule has 0 aliphatic carbocycles. The minimum Gasteiger partial charge on any atom is -0.508 e. The van der Waals surface area contributed by atoms with Crippen molar-refractivity contribution in [2.24, 2.45) is 0 Å². The van der Waals surface area contributed by atoms with Gasteiger partial charge in [0.1, 0.15) is 11.5 Å². The fraction of sp³-hybridized carbons (Fsp3) is 0.111. The van der Waals surface area contributed by atoms with E-state index in [1.54, 1.807) is 24.3 Å². The summed E-state index contributed by atoms with van der Waals surface area (Å²) in [5.41, 5.74) is 9.02. The molecule has 0 aliphatic heterocycles. The molecule has 0 atom stereocenters. The highest BCUT2D eigenvalue weighted by Crippen LogP contribution is 2.44. The zero-order chi connectivity index (χ0) is 27.6. The summed E-state index contributed by atoms with van der Waals surface area (Å²) in [5, 5.41) is 19.9. The first kappa shape index (κ1) is 25.9. The molecule has 0 unspecified atom stereocenters. The maximum atomic E-state index is 9.93. The van der Waals surface area contributed by atoms with E-state index in [0.29, 0.717) is 0 Å². The Balaban J connectivity index is 1.56. The highest BCUT2D eigenvalue weighted by molar-refractivity contribution is 5.81. The van der Waals surface area contributed by atoms with Gasteiger partial charge in [0.15, 0.2) is 0 Å². The van der Waals surface area contributed by atoms with Crippen molar-refractivity contribution in [2.45, 2.75) is 26.2 Å². The standard InChI is InChI=1S/C36H33NO2/c1-25-5-15-31(16-6-25)37(32-17-7-26(2)8-18-32)33-19-9-28(10-20-33)27(3)36(4,29-11-21-34(38)22-12-29)30-13-23-35(39)24-14-30/h5-24,38-39H,3H2,1-2,4H3. The van der Waals surface area contributed by atoms with E-state index < -0.39 is 5.41 Å². The smallest absolute Gasteiger partial charge is 0.115 e. The second-order valence-corrected chi connectivity index (χ2v) is 10.3. The van der Waals surface area contributed by atoms with Crippen LogP contribution in [0.5, 0.6) is 11.5 Å². The van der Waals surface area contributed by atoms with Gasteiger partial charge in [-0.05, 0) is 104 Å². The van der Waals surface area contributed by atoms with Crippen molar-refractivity contribution in [3.8, 4) is 11.5 Å². The molecule has 0 heterocycles. The number of benzene rings is 5. The number of allylic oxidation sites excluding steroid dienone is 1. The predicted molar refractivity (Wildman–Crippen MR) is 162 cm³/mol. The second-order valence-electron chi connectivity index (χ2n) is 10.3. The van der Waals surface area contributed by atoms with Gasteiger partial charge in [-0.2, -0.15) is 0 Å². The Kier molecular flexibility index (Phi) is 7.00. The lowest BCUT2D eigenvalue weighted by atomic mass is 9.69. The molecule has 0 saturated heterocycles. The largest absolute Gasteiger partial charge is 0.508 e. The molecule has 3 nitrogen and oxygen atoms in total.